The average molecular weight is 372 g/mol. The molecule has 2 rings (SSSR count). The number of aryl methyl sites for hydroxylation is 1. The first-order valence-electron chi connectivity index (χ1n) is 7.09. The van der Waals surface area contributed by atoms with Crippen LogP contribution in [-0.4, -0.2) is 8.42 Å². The number of hydrogen-bond acceptors (Lipinski definition) is 2. The van der Waals surface area contributed by atoms with Gasteiger partial charge in [0.2, 0.25) is 0 Å². The van der Waals surface area contributed by atoms with E-state index in [1.54, 1.807) is 6.07 Å². The smallest absolute Gasteiger partial charge is 0.261 e. The summed E-state index contributed by atoms with van der Waals surface area (Å²) in [7, 11) is -3.74. The topological polar surface area (TPSA) is 46.2 Å². The maximum absolute atomic E-state index is 12.5. The van der Waals surface area contributed by atoms with Crippen LogP contribution in [0.25, 0.3) is 0 Å². The predicted octanol–water partition coefficient (Wildman–Crippen LogP) is 5.40. The number of halogens is 2. The lowest BCUT2D eigenvalue weighted by Gasteiger charge is -2.22. The van der Waals surface area contributed by atoms with Crippen molar-refractivity contribution in [3.05, 3.63) is 57.6 Å². The van der Waals surface area contributed by atoms with Crippen molar-refractivity contribution in [2.75, 3.05) is 4.72 Å². The molecule has 0 unspecified atom stereocenters. The Balaban J connectivity index is 2.36. The normalized spacial score (nSPS) is 12.3. The Morgan fingerprint density at radius 3 is 2.00 bits per heavy atom. The monoisotopic (exact) mass is 371 g/mol. The highest BCUT2D eigenvalue weighted by Gasteiger charge is 2.19. The molecule has 0 fully saturated rings. The third kappa shape index (κ3) is 4.40. The van der Waals surface area contributed by atoms with Crippen molar-refractivity contribution >= 4 is 38.9 Å². The molecule has 0 aliphatic rings. The van der Waals surface area contributed by atoms with Gasteiger partial charge in [0.25, 0.3) is 10.0 Å². The van der Waals surface area contributed by atoms with Gasteiger partial charge in [0.15, 0.2) is 0 Å². The van der Waals surface area contributed by atoms with Gasteiger partial charge in [-0.25, -0.2) is 8.42 Å². The van der Waals surface area contributed by atoms with E-state index in [0.29, 0.717) is 5.69 Å². The summed E-state index contributed by atoms with van der Waals surface area (Å²) in [6.07, 6.45) is 0. The van der Waals surface area contributed by atoms with E-state index in [9.17, 15) is 8.42 Å². The molecule has 124 valence electrons. The molecule has 6 heteroatoms. The Morgan fingerprint density at radius 2 is 1.52 bits per heavy atom. The number of nitrogens with one attached hydrogen (secondary N) is 1. The standard InChI is InChI=1S/C17H19Cl2NO2S/c1-11-7-14(5-6-16(11)17(2,3)4)20-23(21,22)15-9-12(18)8-13(19)10-15/h5-10,20H,1-4H3. The quantitative estimate of drug-likeness (QED) is 0.784. The van der Waals surface area contributed by atoms with Crippen LogP contribution in [0.15, 0.2) is 41.3 Å². The van der Waals surface area contributed by atoms with Crippen LogP contribution in [0.3, 0.4) is 0 Å². The molecule has 0 bridgehead atoms. The molecule has 0 radical (unpaired) electrons. The second-order valence-electron chi connectivity index (χ2n) is 6.49. The van der Waals surface area contributed by atoms with Crippen molar-refractivity contribution in [1.82, 2.24) is 0 Å². The summed E-state index contributed by atoms with van der Waals surface area (Å²) in [5.41, 5.74) is 2.71. The van der Waals surface area contributed by atoms with Gasteiger partial charge in [-0.1, -0.05) is 50.0 Å². The summed E-state index contributed by atoms with van der Waals surface area (Å²) in [4.78, 5) is 0.0348. The molecule has 23 heavy (non-hydrogen) atoms. The zero-order chi connectivity index (χ0) is 17.4. The van der Waals surface area contributed by atoms with Crippen molar-refractivity contribution in [2.24, 2.45) is 0 Å². The molecule has 2 aromatic carbocycles. The molecule has 0 saturated heterocycles. The van der Waals surface area contributed by atoms with Crippen molar-refractivity contribution in [3.63, 3.8) is 0 Å². The molecule has 0 spiro atoms. The van der Waals surface area contributed by atoms with E-state index in [2.05, 4.69) is 25.5 Å². The Labute approximate surface area is 147 Å². The molecule has 1 N–H and O–H groups in total. The average Bonchev–Trinajstić information content (AvgIpc) is 2.35. The minimum absolute atomic E-state index is 0.00195. The van der Waals surface area contributed by atoms with Crippen LogP contribution >= 0.6 is 23.2 Å². The highest BCUT2D eigenvalue weighted by molar-refractivity contribution is 7.92. The van der Waals surface area contributed by atoms with Crippen LogP contribution in [0.1, 0.15) is 31.9 Å². The van der Waals surface area contributed by atoms with Crippen molar-refractivity contribution in [2.45, 2.75) is 38.0 Å². The summed E-state index contributed by atoms with van der Waals surface area (Å²) >= 11 is 11.8. The van der Waals surface area contributed by atoms with Crippen LogP contribution in [0.4, 0.5) is 5.69 Å². The molecule has 0 heterocycles. The second-order valence-corrected chi connectivity index (χ2v) is 9.05. The minimum Gasteiger partial charge on any atom is -0.280 e. The third-order valence-corrected chi connectivity index (χ3v) is 5.23. The van der Waals surface area contributed by atoms with Crippen molar-refractivity contribution < 1.29 is 8.42 Å². The zero-order valence-corrected chi connectivity index (χ0v) is 15.8. The Hall–Kier alpha value is -1.23. The third-order valence-electron chi connectivity index (χ3n) is 3.43. The summed E-state index contributed by atoms with van der Waals surface area (Å²) in [5.74, 6) is 0. The van der Waals surface area contributed by atoms with Gasteiger partial charge in [-0.3, -0.25) is 4.72 Å². The van der Waals surface area contributed by atoms with Crippen LogP contribution < -0.4 is 4.72 Å². The van der Waals surface area contributed by atoms with E-state index in [1.165, 1.54) is 23.8 Å². The van der Waals surface area contributed by atoms with Crippen LogP contribution in [0.2, 0.25) is 10.0 Å². The maximum Gasteiger partial charge on any atom is 0.261 e. The van der Waals surface area contributed by atoms with Crippen molar-refractivity contribution in [1.29, 1.82) is 0 Å². The highest BCUT2D eigenvalue weighted by atomic mass is 35.5. The van der Waals surface area contributed by atoms with Gasteiger partial charge in [-0.15, -0.1) is 0 Å². The van der Waals surface area contributed by atoms with Crippen LogP contribution in [0.5, 0.6) is 0 Å². The second kappa shape index (κ2) is 6.34. The van der Waals surface area contributed by atoms with E-state index in [4.69, 9.17) is 23.2 Å². The van der Waals surface area contributed by atoms with E-state index in [-0.39, 0.29) is 20.4 Å². The molecule has 2 aromatic rings. The maximum atomic E-state index is 12.5. The Morgan fingerprint density at radius 1 is 0.957 bits per heavy atom. The highest BCUT2D eigenvalue weighted by Crippen LogP contribution is 2.29. The van der Waals surface area contributed by atoms with Gasteiger partial charge in [-0.2, -0.15) is 0 Å². The number of hydrogen-bond donors (Lipinski definition) is 1. The largest absolute Gasteiger partial charge is 0.280 e. The number of benzene rings is 2. The lowest BCUT2D eigenvalue weighted by Crippen LogP contribution is -2.15. The lowest BCUT2D eigenvalue weighted by molar-refractivity contribution is 0.586. The summed E-state index contributed by atoms with van der Waals surface area (Å²) in [5, 5.41) is 0.550. The molecule has 0 aromatic heterocycles. The Bertz CT molecular complexity index is 820. The first-order valence-corrected chi connectivity index (χ1v) is 9.33. The van der Waals surface area contributed by atoms with E-state index in [0.717, 1.165) is 5.56 Å². The predicted molar refractivity (Wildman–Crippen MR) is 97.1 cm³/mol. The van der Waals surface area contributed by atoms with Gasteiger partial charge < -0.3 is 0 Å². The van der Waals surface area contributed by atoms with E-state index >= 15 is 0 Å². The van der Waals surface area contributed by atoms with Gasteiger partial charge in [0, 0.05) is 15.7 Å². The fourth-order valence-electron chi connectivity index (χ4n) is 2.47. The van der Waals surface area contributed by atoms with Crippen LogP contribution in [0, 0.1) is 6.92 Å². The van der Waals surface area contributed by atoms with Gasteiger partial charge in [-0.05, 0) is 53.8 Å². The molecule has 0 saturated carbocycles. The minimum atomic E-state index is -3.74. The molecular weight excluding hydrogens is 353 g/mol. The number of rotatable bonds is 3. The first kappa shape index (κ1) is 18.1. The number of sulfonamides is 1. The Kier molecular flexibility index (Phi) is 5.00. The fraction of sp³-hybridized carbons (Fsp3) is 0.294. The van der Waals surface area contributed by atoms with Gasteiger partial charge >= 0.3 is 0 Å². The molecular formula is C17H19Cl2NO2S. The fourth-order valence-corrected chi connectivity index (χ4v) is 4.24. The SMILES string of the molecule is Cc1cc(NS(=O)(=O)c2cc(Cl)cc(Cl)c2)ccc1C(C)(C)C. The first-order chi connectivity index (χ1) is 10.5. The van der Waals surface area contributed by atoms with Crippen molar-refractivity contribution in [3.8, 4) is 0 Å². The van der Waals surface area contributed by atoms with E-state index in [1.807, 2.05) is 19.1 Å². The molecule has 0 amide bonds. The van der Waals surface area contributed by atoms with Crippen LogP contribution in [-0.2, 0) is 15.4 Å². The van der Waals surface area contributed by atoms with Gasteiger partial charge in [0.1, 0.15) is 0 Å². The molecule has 3 nitrogen and oxygen atoms in total. The summed E-state index contributed by atoms with van der Waals surface area (Å²) in [6.45, 7) is 8.32. The van der Waals surface area contributed by atoms with E-state index < -0.39 is 10.0 Å². The summed E-state index contributed by atoms with van der Waals surface area (Å²) in [6, 6.07) is 9.75. The summed E-state index contributed by atoms with van der Waals surface area (Å²) < 4.78 is 27.5. The molecule has 0 aliphatic heterocycles. The van der Waals surface area contributed by atoms with Gasteiger partial charge in [0.05, 0.1) is 4.90 Å². The lowest BCUT2D eigenvalue weighted by atomic mass is 9.84. The number of anilines is 1. The molecule has 0 atom stereocenters. The zero-order valence-electron chi connectivity index (χ0n) is 13.4. The molecule has 0 aliphatic carbocycles.